The highest BCUT2D eigenvalue weighted by molar-refractivity contribution is 7.89. The fourth-order valence-corrected chi connectivity index (χ4v) is 5.16. The molecule has 1 aliphatic rings. The number of hydrogen-bond acceptors (Lipinski definition) is 4. The first-order valence-electron chi connectivity index (χ1n) is 9.08. The predicted octanol–water partition coefficient (Wildman–Crippen LogP) is 2.20. The fourth-order valence-electron chi connectivity index (χ4n) is 3.45. The molecule has 0 spiro atoms. The van der Waals surface area contributed by atoms with Gasteiger partial charge in [0.2, 0.25) is 10.0 Å². The van der Waals surface area contributed by atoms with Crippen LogP contribution < -0.4 is 4.72 Å². The molecule has 0 saturated carbocycles. The van der Waals surface area contributed by atoms with Gasteiger partial charge >= 0.3 is 6.09 Å². The molecule has 150 valence electrons. The van der Waals surface area contributed by atoms with Crippen LogP contribution in [0.25, 0.3) is 0 Å². The van der Waals surface area contributed by atoms with E-state index >= 15 is 0 Å². The van der Waals surface area contributed by atoms with Crippen LogP contribution in [-0.4, -0.2) is 54.1 Å². The highest BCUT2D eigenvalue weighted by atomic mass is 32.2. The van der Waals surface area contributed by atoms with Gasteiger partial charge in [-0.3, -0.25) is 0 Å². The van der Waals surface area contributed by atoms with Crippen molar-refractivity contribution in [1.29, 1.82) is 0 Å². The third kappa shape index (κ3) is 5.09. The molecule has 7 nitrogen and oxygen atoms in total. The van der Waals surface area contributed by atoms with Gasteiger partial charge < -0.3 is 15.1 Å². The van der Waals surface area contributed by atoms with Crippen LogP contribution in [0.5, 0.6) is 0 Å². The molecule has 2 aromatic rings. The number of nitrogens with zero attached hydrogens (tertiary/aromatic N) is 1. The number of carboxylic acid groups (broad SMARTS) is 1. The Morgan fingerprint density at radius 1 is 1.00 bits per heavy atom. The van der Waals surface area contributed by atoms with E-state index in [1.54, 1.807) is 0 Å². The number of nitrogens with one attached hydrogen (secondary N) is 1. The lowest BCUT2D eigenvalue weighted by molar-refractivity contribution is 0.00141. The summed E-state index contributed by atoms with van der Waals surface area (Å²) in [5.41, 5.74) is 0.144. The van der Waals surface area contributed by atoms with Crippen molar-refractivity contribution in [1.82, 2.24) is 9.62 Å². The summed E-state index contributed by atoms with van der Waals surface area (Å²) >= 11 is 0. The van der Waals surface area contributed by atoms with Crippen molar-refractivity contribution in [2.75, 3.05) is 18.8 Å². The number of hydrogen-bond donors (Lipinski definition) is 3. The van der Waals surface area contributed by atoms with Crippen LogP contribution in [-0.2, 0) is 10.0 Å². The van der Waals surface area contributed by atoms with E-state index in [0.717, 1.165) is 11.1 Å². The summed E-state index contributed by atoms with van der Waals surface area (Å²) in [7, 11) is -3.84. The maximum atomic E-state index is 12.9. The highest BCUT2D eigenvalue weighted by Gasteiger charge is 2.38. The zero-order valence-electron chi connectivity index (χ0n) is 15.4. The zero-order chi connectivity index (χ0) is 20.2. The molecule has 1 aliphatic heterocycles. The van der Waals surface area contributed by atoms with Gasteiger partial charge in [0.25, 0.3) is 0 Å². The van der Waals surface area contributed by atoms with Crippen LogP contribution in [0.2, 0.25) is 0 Å². The van der Waals surface area contributed by atoms with Crippen molar-refractivity contribution >= 4 is 16.1 Å². The van der Waals surface area contributed by atoms with Crippen LogP contribution in [0, 0.1) is 0 Å². The van der Waals surface area contributed by atoms with Gasteiger partial charge in [-0.15, -0.1) is 0 Å². The normalized spacial score (nSPS) is 16.9. The lowest BCUT2D eigenvalue weighted by Crippen LogP contribution is -2.51. The lowest BCUT2D eigenvalue weighted by atomic mass is 9.94. The standard InChI is InChI=1S/C20H24N2O5S/c23-19(24)22-13-11-20(25,12-14-22)15-28(26,27)21-18(16-7-3-1-4-8-16)17-9-5-2-6-10-17/h1-10,18,21,25H,11-15H2,(H,23,24). The van der Waals surface area contributed by atoms with E-state index in [2.05, 4.69) is 4.72 Å². The highest BCUT2D eigenvalue weighted by Crippen LogP contribution is 2.27. The number of benzene rings is 2. The van der Waals surface area contributed by atoms with Crippen LogP contribution in [0.4, 0.5) is 4.79 Å². The molecule has 3 rings (SSSR count). The molecular weight excluding hydrogens is 380 g/mol. The molecule has 0 aliphatic carbocycles. The third-order valence-electron chi connectivity index (χ3n) is 4.99. The van der Waals surface area contributed by atoms with Gasteiger partial charge in [0, 0.05) is 13.1 Å². The molecule has 8 heteroatoms. The van der Waals surface area contributed by atoms with Gasteiger partial charge in [-0.2, -0.15) is 0 Å². The number of likely N-dealkylation sites (tertiary alicyclic amines) is 1. The number of rotatable bonds is 6. The molecule has 1 amide bonds. The van der Waals surface area contributed by atoms with Gasteiger partial charge in [0.1, 0.15) is 0 Å². The fraction of sp³-hybridized carbons (Fsp3) is 0.350. The monoisotopic (exact) mass is 404 g/mol. The molecule has 0 unspecified atom stereocenters. The van der Waals surface area contributed by atoms with E-state index < -0.39 is 33.5 Å². The van der Waals surface area contributed by atoms with Gasteiger partial charge in [-0.1, -0.05) is 60.7 Å². The Morgan fingerprint density at radius 3 is 1.89 bits per heavy atom. The quantitative estimate of drug-likeness (QED) is 0.684. The number of carbonyl (C=O) groups is 1. The molecule has 1 saturated heterocycles. The summed E-state index contributed by atoms with van der Waals surface area (Å²) in [6, 6.07) is 17.9. The van der Waals surface area contributed by atoms with E-state index in [1.807, 2.05) is 60.7 Å². The molecule has 0 atom stereocenters. The second-order valence-electron chi connectivity index (χ2n) is 7.13. The first-order chi connectivity index (χ1) is 13.3. The van der Waals surface area contributed by atoms with Gasteiger partial charge in [-0.25, -0.2) is 17.9 Å². The summed E-state index contributed by atoms with van der Waals surface area (Å²) in [6.45, 7) is 0.226. The van der Waals surface area contributed by atoms with Crippen molar-refractivity contribution in [3.8, 4) is 0 Å². The second-order valence-corrected chi connectivity index (χ2v) is 8.88. The SMILES string of the molecule is O=C(O)N1CCC(O)(CS(=O)(=O)NC(c2ccccc2)c2ccccc2)CC1. The number of aliphatic hydroxyl groups is 1. The molecule has 28 heavy (non-hydrogen) atoms. The molecule has 1 heterocycles. The summed E-state index contributed by atoms with van der Waals surface area (Å²) in [4.78, 5) is 12.2. The predicted molar refractivity (Wildman–Crippen MR) is 105 cm³/mol. The first kappa shape index (κ1) is 20.3. The van der Waals surface area contributed by atoms with E-state index in [4.69, 9.17) is 5.11 Å². The Labute approximate surface area is 164 Å². The smallest absolute Gasteiger partial charge is 0.407 e. The minimum atomic E-state index is -3.84. The minimum absolute atomic E-state index is 0.0849. The van der Waals surface area contributed by atoms with Crippen LogP contribution in [0.3, 0.4) is 0 Å². The maximum Gasteiger partial charge on any atom is 0.407 e. The van der Waals surface area contributed by atoms with Gasteiger partial charge in [0.05, 0.1) is 17.4 Å². The molecule has 3 N–H and O–H groups in total. The third-order valence-corrected chi connectivity index (χ3v) is 6.50. The summed E-state index contributed by atoms with van der Waals surface area (Å²) in [5, 5.41) is 19.7. The van der Waals surface area contributed by atoms with Crippen molar-refractivity contribution < 1.29 is 23.4 Å². The van der Waals surface area contributed by atoms with Gasteiger partial charge in [-0.05, 0) is 24.0 Å². The zero-order valence-corrected chi connectivity index (χ0v) is 16.2. The van der Waals surface area contributed by atoms with E-state index in [-0.39, 0.29) is 25.9 Å². The minimum Gasteiger partial charge on any atom is -0.465 e. The van der Waals surface area contributed by atoms with Crippen molar-refractivity contribution in [2.45, 2.75) is 24.5 Å². The maximum absolute atomic E-state index is 12.9. The van der Waals surface area contributed by atoms with Crippen molar-refractivity contribution in [3.63, 3.8) is 0 Å². The molecule has 0 bridgehead atoms. The topological polar surface area (TPSA) is 107 Å². The van der Waals surface area contributed by atoms with E-state index in [1.165, 1.54) is 4.90 Å². The Kier molecular flexibility index (Phi) is 6.02. The van der Waals surface area contributed by atoms with Crippen molar-refractivity contribution in [2.24, 2.45) is 0 Å². The Hall–Kier alpha value is -2.42. The average molecular weight is 404 g/mol. The number of amides is 1. The average Bonchev–Trinajstić information content (AvgIpc) is 2.67. The molecule has 0 aromatic heterocycles. The van der Waals surface area contributed by atoms with Crippen LogP contribution in [0.15, 0.2) is 60.7 Å². The Balaban J connectivity index is 1.78. The summed E-state index contributed by atoms with van der Waals surface area (Å²) in [5.74, 6) is -0.469. The van der Waals surface area contributed by atoms with Crippen molar-refractivity contribution in [3.05, 3.63) is 71.8 Å². The largest absolute Gasteiger partial charge is 0.465 e. The molecule has 0 radical (unpaired) electrons. The first-order valence-corrected chi connectivity index (χ1v) is 10.7. The summed E-state index contributed by atoms with van der Waals surface area (Å²) < 4.78 is 28.5. The second kappa shape index (κ2) is 8.30. The van der Waals surface area contributed by atoms with Gasteiger partial charge in [0.15, 0.2) is 0 Å². The molecular formula is C20H24N2O5S. The lowest BCUT2D eigenvalue weighted by Gasteiger charge is -2.37. The Bertz CT molecular complexity index is 855. The Morgan fingerprint density at radius 2 is 1.46 bits per heavy atom. The summed E-state index contributed by atoms with van der Waals surface area (Å²) in [6.07, 6.45) is -0.889. The number of sulfonamides is 1. The van der Waals surface area contributed by atoms with Crippen LogP contribution >= 0.6 is 0 Å². The molecule has 2 aromatic carbocycles. The van der Waals surface area contributed by atoms with E-state index in [0.29, 0.717) is 0 Å². The van der Waals surface area contributed by atoms with Crippen LogP contribution in [0.1, 0.15) is 30.0 Å². The molecule has 1 fully saturated rings. The van der Waals surface area contributed by atoms with E-state index in [9.17, 15) is 18.3 Å². The number of piperidine rings is 1.